The number of hydrogen-bond acceptors (Lipinski definition) is 8. The molecule has 2 saturated heterocycles. The van der Waals surface area contributed by atoms with Gasteiger partial charge in [-0.3, -0.25) is 4.57 Å². The molecule has 2 fully saturated rings. The molecule has 0 N–H and O–H groups in total. The maximum atomic E-state index is 6.12. The Balaban J connectivity index is 0.000000314. The van der Waals surface area contributed by atoms with E-state index in [0.717, 1.165) is 48.1 Å². The fourth-order valence-electron chi connectivity index (χ4n) is 3.05. The van der Waals surface area contributed by atoms with Gasteiger partial charge in [0.2, 0.25) is 0 Å². The number of hydrogen-bond donors (Lipinski definition) is 0. The first-order chi connectivity index (χ1) is 13.4. The fourth-order valence-corrected chi connectivity index (χ4v) is 3.90. The van der Waals surface area contributed by atoms with E-state index in [9.17, 15) is 0 Å². The Labute approximate surface area is 161 Å². The summed E-state index contributed by atoms with van der Waals surface area (Å²) in [4.78, 5) is 21.0. The molecule has 8 nitrogen and oxygen atoms in total. The average molecular weight is 386 g/mol. The average Bonchev–Trinajstić information content (AvgIpc) is 3.49. The zero-order valence-corrected chi connectivity index (χ0v) is 15.8. The van der Waals surface area contributed by atoms with E-state index in [2.05, 4.69) is 24.9 Å². The lowest BCUT2D eigenvalue weighted by atomic mass is 10.2. The third-order valence-corrected chi connectivity index (χ3v) is 5.41. The van der Waals surface area contributed by atoms with Gasteiger partial charge in [-0.2, -0.15) is 0 Å². The van der Waals surface area contributed by atoms with Gasteiger partial charge in [0.05, 0.1) is 18.6 Å². The molecule has 0 saturated carbocycles. The molecule has 0 aromatic carbocycles. The summed E-state index contributed by atoms with van der Waals surface area (Å²) < 4.78 is 13.1. The molecule has 0 radical (unpaired) electrons. The molecule has 3 aromatic heterocycles. The van der Waals surface area contributed by atoms with Crippen molar-refractivity contribution < 1.29 is 9.47 Å². The largest absolute Gasteiger partial charge is 0.381 e. The minimum absolute atomic E-state index is 0.0119. The van der Waals surface area contributed by atoms with Crippen molar-refractivity contribution in [3.05, 3.63) is 37.3 Å². The monoisotopic (exact) mass is 386 g/mol. The van der Waals surface area contributed by atoms with Gasteiger partial charge in [-0.05, 0) is 31.7 Å². The quantitative estimate of drug-likeness (QED) is 0.500. The Morgan fingerprint density at radius 2 is 1.93 bits per heavy atom. The highest BCUT2D eigenvalue weighted by Gasteiger charge is 2.28. The van der Waals surface area contributed by atoms with Crippen LogP contribution in [0.4, 0.5) is 0 Å². The van der Waals surface area contributed by atoms with Gasteiger partial charge in [0, 0.05) is 31.4 Å². The van der Waals surface area contributed by atoms with Gasteiger partial charge in [0.25, 0.3) is 0 Å². The topological polar surface area (TPSA) is 87.8 Å². The predicted molar refractivity (Wildman–Crippen MR) is 101 cm³/mol. The van der Waals surface area contributed by atoms with E-state index in [0.29, 0.717) is 0 Å². The molecule has 9 heteroatoms. The van der Waals surface area contributed by atoms with Gasteiger partial charge in [-0.1, -0.05) is 11.8 Å². The molecule has 3 aromatic rings. The van der Waals surface area contributed by atoms with Crippen LogP contribution in [-0.2, 0) is 9.47 Å². The highest BCUT2D eigenvalue weighted by atomic mass is 32.2. The molecule has 2 atom stereocenters. The minimum Gasteiger partial charge on any atom is -0.381 e. The van der Waals surface area contributed by atoms with E-state index in [1.54, 1.807) is 36.7 Å². The Kier molecular flexibility index (Phi) is 6.23. The van der Waals surface area contributed by atoms with Crippen molar-refractivity contribution in [1.82, 2.24) is 29.5 Å². The van der Waals surface area contributed by atoms with E-state index in [1.807, 2.05) is 10.6 Å². The third kappa shape index (κ3) is 4.79. The van der Waals surface area contributed by atoms with Crippen molar-refractivity contribution in [3.8, 4) is 0 Å². The van der Waals surface area contributed by atoms with Crippen LogP contribution >= 0.6 is 11.8 Å². The summed E-state index contributed by atoms with van der Waals surface area (Å²) in [7, 11) is 0. The van der Waals surface area contributed by atoms with E-state index in [1.165, 1.54) is 19.2 Å². The molecule has 0 bridgehead atoms. The molecule has 5 rings (SSSR count). The van der Waals surface area contributed by atoms with Crippen LogP contribution in [0.2, 0.25) is 0 Å². The summed E-state index contributed by atoms with van der Waals surface area (Å²) in [5, 5.41) is 0.787. The van der Waals surface area contributed by atoms with Gasteiger partial charge in [0.15, 0.2) is 10.8 Å². The first kappa shape index (κ1) is 18.3. The van der Waals surface area contributed by atoms with Crippen LogP contribution in [-0.4, -0.2) is 54.6 Å². The summed E-state index contributed by atoms with van der Waals surface area (Å²) in [5.41, 5.74) is 1.61. The summed E-state index contributed by atoms with van der Waals surface area (Å²) in [6, 6.07) is 1.82. The summed E-state index contributed by atoms with van der Waals surface area (Å²) in [6.45, 7) is 2.00. The van der Waals surface area contributed by atoms with E-state index in [4.69, 9.17) is 9.47 Å². The zero-order chi connectivity index (χ0) is 18.3. The summed E-state index contributed by atoms with van der Waals surface area (Å²) in [6.07, 6.45) is 13.2. The van der Waals surface area contributed by atoms with Crippen molar-refractivity contribution in [1.29, 1.82) is 0 Å². The molecule has 5 heterocycles. The number of thioether (sulfide) groups is 1. The van der Waals surface area contributed by atoms with Crippen molar-refractivity contribution in [2.45, 2.75) is 43.2 Å². The Morgan fingerprint density at radius 1 is 1.07 bits per heavy atom. The molecule has 2 aliphatic rings. The van der Waals surface area contributed by atoms with Gasteiger partial charge in [-0.25, -0.2) is 24.9 Å². The lowest BCUT2D eigenvalue weighted by Gasteiger charge is -2.14. The molecule has 0 aliphatic carbocycles. The number of rotatable bonds is 4. The van der Waals surface area contributed by atoms with E-state index < -0.39 is 0 Å². The van der Waals surface area contributed by atoms with Gasteiger partial charge >= 0.3 is 0 Å². The smallest absolute Gasteiger partial charge is 0.187 e. The second kappa shape index (κ2) is 9.20. The maximum absolute atomic E-state index is 6.12. The number of nitrogens with zero attached hydrogens (tertiary/aromatic N) is 6. The van der Waals surface area contributed by atoms with Gasteiger partial charge in [0.1, 0.15) is 18.1 Å². The molecule has 2 aliphatic heterocycles. The van der Waals surface area contributed by atoms with Crippen LogP contribution in [0.3, 0.4) is 0 Å². The van der Waals surface area contributed by atoms with E-state index in [-0.39, 0.29) is 12.3 Å². The minimum atomic E-state index is -0.0119. The van der Waals surface area contributed by atoms with E-state index >= 15 is 0 Å². The highest BCUT2D eigenvalue weighted by molar-refractivity contribution is 7.99. The lowest BCUT2D eigenvalue weighted by Crippen LogP contribution is -2.13. The number of fused-ring (bicyclic) bond motifs is 1. The fraction of sp³-hybridized carbons (Fsp3) is 0.500. The van der Waals surface area contributed by atoms with Crippen LogP contribution < -0.4 is 0 Å². The molecule has 0 amide bonds. The molecule has 0 spiro atoms. The first-order valence-corrected chi connectivity index (χ1v) is 10.1. The molecule has 142 valence electrons. The number of ether oxygens (including phenoxy) is 2. The number of imidazole rings is 1. The lowest BCUT2D eigenvalue weighted by molar-refractivity contribution is 0.0153. The van der Waals surface area contributed by atoms with Crippen molar-refractivity contribution in [3.63, 3.8) is 0 Å². The van der Waals surface area contributed by atoms with Crippen LogP contribution in [0.1, 0.15) is 31.9 Å². The Bertz CT molecular complexity index is 834. The summed E-state index contributed by atoms with van der Waals surface area (Å²) in [5.74, 6) is 0.849. The molecule has 27 heavy (non-hydrogen) atoms. The second-order valence-corrected chi connectivity index (χ2v) is 7.32. The number of aromatic nitrogens is 6. The molecular weight excluding hydrogens is 364 g/mol. The maximum Gasteiger partial charge on any atom is 0.187 e. The Hall–Kier alpha value is -2.10. The SMILES string of the molecule is C1CCOC1.c1cnc(SC[C@@H]2CCC(n3cnc4cncnc43)O2)nc1. The second-order valence-electron chi connectivity index (χ2n) is 6.34. The van der Waals surface area contributed by atoms with Crippen molar-refractivity contribution in [2.75, 3.05) is 19.0 Å². The Morgan fingerprint density at radius 3 is 2.70 bits per heavy atom. The summed E-state index contributed by atoms with van der Waals surface area (Å²) >= 11 is 1.62. The normalized spacial score (nSPS) is 21.9. The van der Waals surface area contributed by atoms with Crippen LogP contribution in [0.25, 0.3) is 11.2 Å². The highest BCUT2D eigenvalue weighted by Crippen LogP contribution is 2.32. The zero-order valence-electron chi connectivity index (χ0n) is 15.0. The van der Waals surface area contributed by atoms with Crippen molar-refractivity contribution in [2.24, 2.45) is 0 Å². The van der Waals surface area contributed by atoms with Crippen molar-refractivity contribution >= 4 is 22.9 Å². The van der Waals surface area contributed by atoms with Crippen LogP contribution in [0, 0.1) is 0 Å². The first-order valence-electron chi connectivity index (χ1n) is 9.16. The molecule has 1 unspecified atom stereocenters. The van der Waals surface area contributed by atoms with Gasteiger partial charge in [-0.15, -0.1) is 0 Å². The predicted octanol–water partition coefficient (Wildman–Crippen LogP) is 2.88. The molecular formula is C18H22N6O2S. The third-order valence-electron chi connectivity index (χ3n) is 4.40. The standard InChI is InChI=1S/C14H14N6OS.C4H8O/c1-4-16-14(17-5-1)22-7-10-2-3-12(21-10)20-9-19-11-6-15-8-18-13(11)20;1-2-4-5-3-1/h1,4-6,8-10,12H,2-3,7H2;1-4H2/t10-,12?;/m0./s1. The van der Waals surface area contributed by atoms with Crippen LogP contribution in [0.5, 0.6) is 0 Å². The van der Waals surface area contributed by atoms with Gasteiger partial charge < -0.3 is 9.47 Å². The van der Waals surface area contributed by atoms with Crippen LogP contribution in [0.15, 0.2) is 42.5 Å².